The molecule has 128 valence electrons. The first-order valence-electron chi connectivity index (χ1n) is 8.54. The standard InChI is InChI=1S/C20H30O3/c1-2-3-13-16-19(21)17-14-11-9-7-5-4-6-8-10-12-15-18-20(22)23/h6-9,11,14,19,21H,2-3,10,12-13,15-18H2,1H3,(H,22,23)/b8-6+,9-7+,14-11+. The molecule has 0 aliphatic carbocycles. The van der Waals surface area contributed by atoms with Crippen LogP contribution in [0, 0.1) is 11.8 Å². The van der Waals surface area contributed by atoms with E-state index in [1.807, 2.05) is 24.3 Å². The second-order valence-electron chi connectivity index (χ2n) is 5.50. The quantitative estimate of drug-likeness (QED) is 0.313. The molecular formula is C20H30O3. The molecule has 0 spiro atoms. The van der Waals surface area contributed by atoms with Gasteiger partial charge in [0, 0.05) is 6.42 Å². The molecule has 0 aromatic rings. The highest BCUT2D eigenvalue weighted by Gasteiger charge is 1.99. The fourth-order valence-electron chi connectivity index (χ4n) is 1.94. The van der Waals surface area contributed by atoms with Gasteiger partial charge in [0.2, 0.25) is 0 Å². The summed E-state index contributed by atoms with van der Waals surface area (Å²) in [5.74, 6) is 5.07. The zero-order valence-electron chi connectivity index (χ0n) is 14.2. The van der Waals surface area contributed by atoms with Gasteiger partial charge >= 0.3 is 5.97 Å². The summed E-state index contributed by atoms with van der Waals surface area (Å²) in [4.78, 5) is 10.3. The zero-order valence-corrected chi connectivity index (χ0v) is 14.2. The van der Waals surface area contributed by atoms with Crippen LogP contribution in [-0.2, 0) is 4.79 Å². The number of allylic oxidation sites excluding steroid dienone is 5. The van der Waals surface area contributed by atoms with Gasteiger partial charge in [0.05, 0.1) is 6.10 Å². The van der Waals surface area contributed by atoms with Crippen molar-refractivity contribution in [3.63, 3.8) is 0 Å². The molecule has 0 aromatic heterocycles. The van der Waals surface area contributed by atoms with Crippen LogP contribution < -0.4 is 0 Å². The highest BCUT2D eigenvalue weighted by atomic mass is 16.4. The average molecular weight is 318 g/mol. The lowest BCUT2D eigenvalue weighted by molar-refractivity contribution is -0.137. The van der Waals surface area contributed by atoms with Gasteiger partial charge in [0.15, 0.2) is 0 Å². The fraction of sp³-hybridized carbons (Fsp3) is 0.550. The topological polar surface area (TPSA) is 57.5 Å². The molecule has 0 rings (SSSR count). The van der Waals surface area contributed by atoms with Crippen molar-refractivity contribution in [1.82, 2.24) is 0 Å². The molecule has 2 N–H and O–H groups in total. The number of hydrogen-bond acceptors (Lipinski definition) is 2. The summed E-state index contributed by atoms with van der Waals surface area (Å²) >= 11 is 0. The highest BCUT2D eigenvalue weighted by Crippen LogP contribution is 2.06. The molecule has 1 atom stereocenters. The van der Waals surface area contributed by atoms with E-state index in [0.717, 1.165) is 25.7 Å². The van der Waals surface area contributed by atoms with Crippen molar-refractivity contribution in [2.24, 2.45) is 0 Å². The second kappa shape index (κ2) is 16.6. The van der Waals surface area contributed by atoms with Gasteiger partial charge in [-0.05, 0) is 44.3 Å². The number of rotatable bonds is 12. The molecule has 0 fully saturated rings. The molecule has 0 saturated carbocycles. The van der Waals surface area contributed by atoms with Crippen molar-refractivity contribution in [2.45, 2.75) is 70.8 Å². The van der Waals surface area contributed by atoms with Crippen LogP contribution in [0.25, 0.3) is 0 Å². The molecular weight excluding hydrogens is 288 g/mol. The third-order valence-electron chi connectivity index (χ3n) is 3.27. The van der Waals surface area contributed by atoms with Crippen LogP contribution in [0.15, 0.2) is 36.5 Å². The normalized spacial score (nSPS) is 12.8. The summed E-state index contributed by atoms with van der Waals surface area (Å²) in [7, 11) is 0. The summed E-state index contributed by atoms with van der Waals surface area (Å²) in [6.45, 7) is 2.16. The van der Waals surface area contributed by atoms with Crippen LogP contribution in [0.4, 0.5) is 0 Å². The maximum Gasteiger partial charge on any atom is 0.303 e. The number of unbranched alkanes of at least 4 members (excludes halogenated alkanes) is 4. The number of carboxylic acids is 1. The molecule has 3 heteroatoms. The molecule has 1 unspecified atom stereocenters. The Kier molecular flexibility index (Phi) is 15.3. The van der Waals surface area contributed by atoms with Crippen molar-refractivity contribution in [3.8, 4) is 11.8 Å². The van der Waals surface area contributed by atoms with Crippen LogP contribution in [0.1, 0.15) is 64.7 Å². The smallest absolute Gasteiger partial charge is 0.303 e. The van der Waals surface area contributed by atoms with Crippen LogP contribution in [-0.4, -0.2) is 22.3 Å². The third kappa shape index (κ3) is 18.2. The minimum absolute atomic E-state index is 0.235. The van der Waals surface area contributed by atoms with Gasteiger partial charge in [-0.3, -0.25) is 4.79 Å². The third-order valence-corrected chi connectivity index (χ3v) is 3.27. The van der Waals surface area contributed by atoms with Crippen molar-refractivity contribution >= 4 is 5.97 Å². The van der Waals surface area contributed by atoms with Gasteiger partial charge in [-0.25, -0.2) is 0 Å². The van der Waals surface area contributed by atoms with E-state index < -0.39 is 5.97 Å². The van der Waals surface area contributed by atoms with Crippen LogP contribution in [0.3, 0.4) is 0 Å². The summed E-state index contributed by atoms with van der Waals surface area (Å²) in [6.07, 6.45) is 18.8. The molecule has 23 heavy (non-hydrogen) atoms. The fourth-order valence-corrected chi connectivity index (χ4v) is 1.94. The van der Waals surface area contributed by atoms with E-state index >= 15 is 0 Å². The highest BCUT2D eigenvalue weighted by molar-refractivity contribution is 5.66. The minimum Gasteiger partial charge on any atom is -0.481 e. The first-order valence-corrected chi connectivity index (χ1v) is 8.54. The van der Waals surface area contributed by atoms with Gasteiger partial charge in [-0.2, -0.15) is 0 Å². The van der Waals surface area contributed by atoms with Crippen LogP contribution in [0.5, 0.6) is 0 Å². The summed E-state index contributed by atoms with van der Waals surface area (Å²) in [6, 6.07) is 0. The van der Waals surface area contributed by atoms with Crippen molar-refractivity contribution in [3.05, 3.63) is 36.5 Å². The number of aliphatic hydroxyl groups excluding tert-OH is 1. The molecule has 0 bridgehead atoms. The van der Waals surface area contributed by atoms with E-state index in [9.17, 15) is 9.90 Å². The lowest BCUT2D eigenvalue weighted by Gasteiger charge is -2.05. The Morgan fingerprint density at radius 3 is 2.57 bits per heavy atom. The van der Waals surface area contributed by atoms with E-state index in [-0.39, 0.29) is 12.5 Å². The van der Waals surface area contributed by atoms with E-state index in [1.54, 1.807) is 12.2 Å². The molecule has 0 aliphatic heterocycles. The van der Waals surface area contributed by atoms with Crippen LogP contribution in [0.2, 0.25) is 0 Å². The average Bonchev–Trinajstić information content (AvgIpc) is 2.51. The maximum atomic E-state index is 10.3. The monoisotopic (exact) mass is 318 g/mol. The molecule has 0 heterocycles. The number of hydrogen-bond donors (Lipinski definition) is 2. The SMILES string of the molecule is CCCCCC(O)C/C=C/C=C/C#C/C=C/CCCCC(=O)O. The van der Waals surface area contributed by atoms with Gasteiger partial charge < -0.3 is 10.2 Å². The Morgan fingerprint density at radius 2 is 1.83 bits per heavy atom. The molecule has 0 aliphatic rings. The van der Waals surface area contributed by atoms with E-state index in [1.165, 1.54) is 12.8 Å². The Hall–Kier alpha value is -1.79. The molecule has 3 nitrogen and oxygen atoms in total. The van der Waals surface area contributed by atoms with Crippen molar-refractivity contribution < 1.29 is 15.0 Å². The number of aliphatic carboxylic acids is 1. The second-order valence-corrected chi connectivity index (χ2v) is 5.50. The van der Waals surface area contributed by atoms with Gasteiger partial charge in [0.25, 0.3) is 0 Å². The molecule has 0 aromatic carbocycles. The predicted octanol–water partition coefficient (Wildman–Crippen LogP) is 4.63. The molecule has 0 radical (unpaired) electrons. The summed E-state index contributed by atoms with van der Waals surface area (Å²) < 4.78 is 0. The number of aliphatic hydroxyl groups is 1. The molecule has 0 amide bonds. The Balaban J connectivity index is 3.65. The zero-order chi connectivity index (χ0) is 17.2. The summed E-state index contributed by atoms with van der Waals surface area (Å²) in [5, 5.41) is 18.2. The Morgan fingerprint density at radius 1 is 1.04 bits per heavy atom. The lowest BCUT2D eigenvalue weighted by Crippen LogP contribution is -2.03. The number of carboxylic acid groups (broad SMARTS) is 1. The van der Waals surface area contributed by atoms with Gasteiger partial charge in [-0.15, -0.1) is 0 Å². The van der Waals surface area contributed by atoms with E-state index in [4.69, 9.17) is 5.11 Å². The van der Waals surface area contributed by atoms with E-state index in [0.29, 0.717) is 12.8 Å². The Labute approximate surface area is 140 Å². The van der Waals surface area contributed by atoms with Crippen LogP contribution >= 0.6 is 0 Å². The molecule has 0 saturated heterocycles. The number of carbonyl (C=O) groups is 1. The van der Waals surface area contributed by atoms with Crippen molar-refractivity contribution in [1.29, 1.82) is 0 Å². The first kappa shape index (κ1) is 21.2. The van der Waals surface area contributed by atoms with Gasteiger partial charge in [0.1, 0.15) is 0 Å². The lowest BCUT2D eigenvalue weighted by atomic mass is 10.1. The summed E-state index contributed by atoms with van der Waals surface area (Å²) in [5.41, 5.74) is 0. The first-order chi connectivity index (χ1) is 11.2. The Bertz CT molecular complexity index is 436. The largest absolute Gasteiger partial charge is 0.481 e. The predicted molar refractivity (Wildman–Crippen MR) is 96.1 cm³/mol. The van der Waals surface area contributed by atoms with E-state index in [2.05, 4.69) is 18.8 Å². The minimum atomic E-state index is -0.736. The maximum absolute atomic E-state index is 10.3. The van der Waals surface area contributed by atoms with Crippen molar-refractivity contribution in [2.75, 3.05) is 0 Å². The van der Waals surface area contributed by atoms with Gasteiger partial charge in [-0.1, -0.05) is 62.3 Å².